The molecule has 0 aliphatic rings. The fourth-order valence-electron chi connectivity index (χ4n) is 2.35. The highest BCUT2D eigenvalue weighted by atomic mass is 35.5. The van der Waals surface area contributed by atoms with Crippen LogP contribution in [-0.2, 0) is 11.3 Å². The molecule has 0 saturated carbocycles. The van der Waals surface area contributed by atoms with E-state index in [0.29, 0.717) is 11.6 Å². The Morgan fingerprint density at radius 3 is 2.81 bits per heavy atom. The molecule has 1 aromatic carbocycles. The highest BCUT2D eigenvalue weighted by Gasteiger charge is 2.22. The van der Waals surface area contributed by atoms with Gasteiger partial charge in [0.15, 0.2) is 0 Å². The van der Waals surface area contributed by atoms with Gasteiger partial charge in [0.05, 0.1) is 6.54 Å². The van der Waals surface area contributed by atoms with Gasteiger partial charge in [-0.2, -0.15) is 5.10 Å². The molecule has 0 aliphatic carbocycles. The molecular weight excluding hydrogens is 360 g/mol. The highest BCUT2D eigenvalue weighted by Crippen LogP contribution is 2.16. The van der Waals surface area contributed by atoms with Crippen LogP contribution in [0.1, 0.15) is 29.0 Å². The second kappa shape index (κ2) is 7.36. The molecule has 134 valence electrons. The standard InChI is InChI=1S/C16H15ClN6O3/c1-10(23-13(15(25)26)6-7-19-23)14(24)20-16-18-9-22(21-16)8-11-4-2-3-5-12(11)17/h2-7,9-10H,8H2,1H3,(H,25,26)(H,20,21,24). The zero-order valence-electron chi connectivity index (χ0n) is 13.7. The maximum absolute atomic E-state index is 12.3. The number of nitrogens with one attached hydrogen (secondary N) is 1. The molecule has 2 heterocycles. The molecule has 3 aromatic rings. The molecule has 2 aromatic heterocycles. The largest absolute Gasteiger partial charge is 0.477 e. The van der Waals surface area contributed by atoms with E-state index >= 15 is 0 Å². The monoisotopic (exact) mass is 374 g/mol. The van der Waals surface area contributed by atoms with E-state index in [1.54, 1.807) is 6.07 Å². The predicted octanol–water partition coefficient (Wildman–Crippen LogP) is 2.07. The van der Waals surface area contributed by atoms with Crippen LogP contribution in [0.4, 0.5) is 5.95 Å². The number of anilines is 1. The number of aromatic nitrogens is 5. The number of hydrogen-bond donors (Lipinski definition) is 2. The fourth-order valence-corrected chi connectivity index (χ4v) is 2.54. The van der Waals surface area contributed by atoms with E-state index in [-0.39, 0.29) is 11.6 Å². The molecule has 1 atom stereocenters. The van der Waals surface area contributed by atoms with Gasteiger partial charge in [-0.25, -0.2) is 19.1 Å². The Bertz CT molecular complexity index is 951. The summed E-state index contributed by atoms with van der Waals surface area (Å²) in [7, 11) is 0. The van der Waals surface area contributed by atoms with Crippen molar-refractivity contribution in [1.29, 1.82) is 0 Å². The van der Waals surface area contributed by atoms with Crippen molar-refractivity contribution in [3.8, 4) is 0 Å². The van der Waals surface area contributed by atoms with Crippen LogP contribution < -0.4 is 5.32 Å². The number of amides is 1. The van der Waals surface area contributed by atoms with E-state index in [1.807, 2.05) is 18.2 Å². The average molecular weight is 375 g/mol. The van der Waals surface area contributed by atoms with E-state index in [9.17, 15) is 9.59 Å². The second-order valence-corrected chi connectivity index (χ2v) is 5.90. The van der Waals surface area contributed by atoms with Crippen LogP contribution >= 0.6 is 11.6 Å². The number of carboxylic acid groups (broad SMARTS) is 1. The Morgan fingerprint density at radius 1 is 1.31 bits per heavy atom. The van der Waals surface area contributed by atoms with Crippen molar-refractivity contribution in [2.24, 2.45) is 0 Å². The van der Waals surface area contributed by atoms with Crippen LogP contribution in [0.5, 0.6) is 0 Å². The minimum Gasteiger partial charge on any atom is -0.477 e. The Balaban J connectivity index is 1.68. The Kier molecular flexibility index (Phi) is 4.99. The van der Waals surface area contributed by atoms with Gasteiger partial charge in [0.1, 0.15) is 18.1 Å². The topological polar surface area (TPSA) is 115 Å². The number of rotatable bonds is 6. The molecule has 10 heteroatoms. The minimum atomic E-state index is -1.16. The summed E-state index contributed by atoms with van der Waals surface area (Å²) in [5, 5.41) is 20.3. The van der Waals surface area contributed by atoms with Crippen LogP contribution in [0.15, 0.2) is 42.9 Å². The summed E-state index contributed by atoms with van der Waals surface area (Å²) in [6.07, 6.45) is 2.80. The number of carboxylic acids is 1. The van der Waals surface area contributed by atoms with Crippen molar-refractivity contribution < 1.29 is 14.7 Å². The zero-order valence-corrected chi connectivity index (χ0v) is 14.5. The van der Waals surface area contributed by atoms with Crippen molar-refractivity contribution in [2.75, 3.05) is 5.32 Å². The summed E-state index contributed by atoms with van der Waals surface area (Å²) in [5.74, 6) is -1.53. The zero-order chi connectivity index (χ0) is 18.7. The first kappa shape index (κ1) is 17.6. The van der Waals surface area contributed by atoms with Crippen LogP contribution in [0.25, 0.3) is 0 Å². The van der Waals surface area contributed by atoms with E-state index < -0.39 is 17.9 Å². The van der Waals surface area contributed by atoms with Gasteiger partial charge in [-0.3, -0.25) is 10.1 Å². The third-order valence-electron chi connectivity index (χ3n) is 3.70. The molecule has 0 radical (unpaired) electrons. The Labute approximate surface area is 153 Å². The minimum absolute atomic E-state index is 0.0788. The lowest BCUT2D eigenvalue weighted by molar-refractivity contribution is -0.119. The van der Waals surface area contributed by atoms with Crippen molar-refractivity contribution in [3.63, 3.8) is 0 Å². The Morgan fingerprint density at radius 2 is 2.08 bits per heavy atom. The molecule has 9 nitrogen and oxygen atoms in total. The first-order chi connectivity index (χ1) is 12.5. The van der Waals surface area contributed by atoms with Gasteiger partial charge in [0.2, 0.25) is 5.95 Å². The molecule has 0 spiro atoms. The number of halogens is 1. The molecule has 0 saturated heterocycles. The molecule has 1 unspecified atom stereocenters. The van der Waals surface area contributed by atoms with Crippen LogP contribution in [0, 0.1) is 0 Å². The first-order valence-corrected chi connectivity index (χ1v) is 8.04. The van der Waals surface area contributed by atoms with E-state index in [2.05, 4.69) is 20.5 Å². The number of nitrogens with zero attached hydrogens (tertiary/aromatic N) is 5. The fraction of sp³-hybridized carbons (Fsp3) is 0.188. The van der Waals surface area contributed by atoms with Gasteiger partial charge in [-0.15, -0.1) is 5.10 Å². The number of benzene rings is 1. The molecule has 2 N–H and O–H groups in total. The van der Waals surface area contributed by atoms with Gasteiger partial charge in [-0.1, -0.05) is 29.8 Å². The van der Waals surface area contributed by atoms with Gasteiger partial charge >= 0.3 is 5.97 Å². The van der Waals surface area contributed by atoms with Crippen LogP contribution in [-0.4, -0.2) is 41.5 Å². The van der Waals surface area contributed by atoms with E-state index in [4.69, 9.17) is 16.7 Å². The summed E-state index contributed by atoms with van der Waals surface area (Å²) >= 11 is 6.12. The van der Waals surface area contributed by atoms with Crippen molar-refractivity contribution >= 4 is 29.4 Å². The summed E-state index contributed by atoms with van der Waals surface area (Å²) in [6, 6.07) is 7.83. The third-order valence-corrected chi connectivity index (χ3v) is 4.07. The lowest BCUT2D eigenvalue weighted by Gasteiger charge is -2.12. The summed E-state index contributed by atoms with van der Waals surface area (Å²) in [5.41, 5.74) is 0.790. The number of carbonyl (C=O) groups is 2. The Hall–Kier alpha value is -3.20. The van der Waals surface area contributed by atoms with Gasteiger partial charge in [0, 0.05) is 11.2 Å². The van der Waals surface area contributed by atoms with Gasteiger partial charge in [0.25, 0.3) is 5.91 Å². The molecule has 0 bridgehead atoms. The number of hydrogen-bond acceptors (Lipinski definition) is 5. The molecule has 0 aliphatic heterocycles. The van der Waals surface area contributed by atoms with Gasteiger partial charge < -0.3 is 5.11 Å². The van der Waals surface area contributed by atoms with E-state index in [0.717, 1.165) is 10.2 Å². The van der Waals surface area contributed by atoms with Gasteiger partial charge in [-0.05, 0) is 24.6 Å². The normalized spacial score (nSPS) is 11.9. The van der Waals surface area contributed by atoms with Crippen molar-refractivity contribution in [2.45, 2.75) is 19.5 Å². The smallest absolute Gasteiger partial charge is 0.354 e. The van der Waals surface area contributed by atoms with Crippen molar-refractivity contribution in [3.05, 3.63) is 59.1 Å². The SMILES string of the molecule is CC(C(=O)Nc1ncn(Cc2ccccc2Cl)n1)n1nccc1C(=O)O. The van der Waals surface area contributed by atoms with Crippen LogP contribution in [0.2, 0.25) is 5.02 Å². The van der Waals surface area contributed by atoms with Crippen LogP contribution in [0.3, 0.4) is 0 Å². The van der Waals surface area contributed by atoms with Crippen molar-refractivity contribution in [1.82, 2.24) is 24.5 Å². The lowest BCUT2D eigenvalue weighted by atomic mass is 10.2. The second-order valence-electron chi connectivity index (χ2n) is 5.49. The summed E-state index contributed by atoms with van der Waals surface area (Å²) in [6.45, 7) is 1.94. The molecule has 1 amide bonds. The highest BCUT2D eigenvalue weighted by molar-refractivity contribution is 6.31. The summed E-state index contributed by atoms with van der Waals surface area (Å²) in [4.78, 5) is 27.5. The van der Waals surface area contributed by atoms with E-state index in [1.165, 1.54) is 30.2 Å². The maximum atomic E-state index is 12.3. The average Bonchev–Trinajstić information content (AvgIpc) is 3.25. The molecule has 3 rings (SSSR count). The quantitative estimate of drug-likeness (QED) is 0.682. The predicted molar refractivity (Wildman–Crippen MR) is 93.1 cm³/mol. The summed E-state index contributed by atoms with van der Waals surface area (Å²) < 4.78 is 2.66. The third kappa shape index (κ3) is 3.72. The molecule has 0 fully saturated rings. The lowest BCUT2D eigenvalue weighted by Crippen LogP contribution is -2.27. The number of aromatic carboxylic acids is 1. The maximum Gasteiger partial charge on any atom is 0.354 e. The molecule has 26 heavy (non-hydrogen) atoms. The molecular formula is C16H15ClN6O3. The number of carbonyl (C=O) groups excluding carboxylic acids is 1. The first-order valence-electron chi connectivity index (χ1n) is 7.66.